The predicted octanol–water partition coefficient (Wildman–Crippen LogP) is 3.88. The van der Waals surface area contributed by atoms with Crippen LogP contribution in [0.5, 0.6) is 0 Å². The first-order valence-electron chi connectivity index (χ1n) is 10.7. The van der Waals surface area contributed by atoms with Gasteiger partial charge in [-0.25, -0.2) is 4.98 Å². The van der Waals surface area contributed by atoms with Crippen LogP contribution >= 0.6 is 11.3 Å². The summed E-state index contributed by atoms with van der Waals surface area (Å²) < 4.78 is 5.48. The van der Waals surface area contributed by atoms with Gasteiger partial charge in [-0.05, 0) is 31.5 Å². The molecule has 162 valence electrons. The molecule has 0 spiro atoms. The normalized spacial score (nSPS) is 15.5. The van der Waals surface area contributed by atoms with Crippen LogP contribution in [0.1, 0.15) is 27.9 Å². The quantitative estimate of drug-likeness (QED) is 0.563. The summed E-state index contributed by atoms with van der Waals surface area (Å²) in [4.78, 5) is 27.8. The number of carbonyl (C=O) groups excluding carboxylic acids is 1. The SMILES string of the molecule is Cc1nc(-c2ccccn2)sc1C(=O)N(Cc1ccccc1)C(C)CN1CCOCC1. The molecule has 31 heavy (non-hydrogen) atoms. The van der Waals surface area contributed by atoms with Gasteiger partial charge < -0.3 is 9.64 Å². The fourth-order valence-corrected chi connectivity index (χ4v) is 4.79. The molecule has 4 rings (SSSR count). The van der Waals surface area contributed by atoms with Gasteiger partial charge in [-0.3, -0.25) is 14.7 Å². The van der Waals surface area contributed by atoms with Crippen molar-refractivity contribution in [1.29, 1.82) is 0 Å². The van der Waals surface area contributed by atoms with Gasteiger partial charge in [0.2, 0.25) is 0 Å². The number of aromatic nitrogens is 2. The van der Waals surface area contributed by atoms with Gasteiger partial charge in [0.25, 0.3) is 5.91 Å². The molecule has 1 amide bonds. The van der Waals surface area contributed by atoms with Crippen molar-refractivity contribution in [3.63, 3.8) is 0 Å². The molecule has 1 aliphatic rings. The highest BCUT2D eigenvalue weighted by molar-refractivity contribution is 7.17. The molecule has 1 aromatic carbocycles. The van der Waals surface area contributed by atoms with Gasteiger partial charge in [0.05, 0.1) is 24.6 Å². The van der Waals surface area contributed by atoms with E-state index >= 15 is 0 Å². The minimum atomic E-state index is 0.0294. The Morgan fingerprint density at radius 1 is 1.16 bits per heavy atom. The number of thiazole rings is 1. The summed E-state index contributed by atoms with van der Waals surface area (Å²) in [5.41, 5.74) is 2.68. The van der Waals surface area contributed by atoms with Crippen LogP contribution in [0, 0.1) is 6.92 Å². The van der Waals surface area contributed by atoms with Crippen LogP contribution in [0.25, 0.3) is 10.7 Å². The molecule has 2 aromatic heterocycles. The predicted molar refractivity (Wildman–Crippen MR) is 123 cm³/mol. The van der Waals surface area contributed by atoms with Gasteiger partial charge in [0.1, 0.15) is 9.88 Å². The second-order valence-electron chi connectivity index (χ2n) is 7.83. The Kier molecular flexibility index (Phi) is 7.06. The zero-order valence-electron chi connectivity index (χ0n) is 18.0. The maximum atomic E-state index is 13.7. The van der Waals surface area contributed by atoms with Crippen molar-refractivity contribution in [3.8, 4) is 10.7 Å². The zero-order valence-corrected chi connectivity index (χ0v) is 18.8. The summed E-state index contributed by atoms with van der Waals surface area (Å²) in [6.07, 6.45) is 1.75. The molecule has 1 unspecified atom stereocenters. The second-order valence-corrected chi connectivity index (χ2v) is 8.83. The van der Waals surface area contributed by atoms with E-state index in [4.69, 9.17) is 4.74 Å². The monoisotopic (exact) mass is 436 g/mol. The van der Waals surface area contributed by atoms with Gasteiger partial charge in [-0.15, -0.1) is 11.3 Å². The maximum absolute atomic E-state index is 13.7. The molecular weight excluding hydrogens is 408 g/mol. The van der Waals surface area contributed by atoms with Crippen LogP contribution < -0.4 is 0 Å². The van der Waals surface area contributed by atoms with Crippen LogP contribution in [-0.4, -0.2) is 64.6 Å². The first kappa shape index (κ1) is 21.6. The average molecular weight is 437 g/mol. The van der Waals surface area contributed by atoms with Gasteiger partial charge in [-0.1, -0.05) is 36.4 Å². The molecule has 0 saturated carbocycles. The Balaban J connectivity index is 1.59. The van der Waals surface area contributed by atoms with Crippen molar-refractivity contribution in [2.45, 2.75) is 26.4 Å². The lowest BCUT2D eigenvalue weighted by molar-refractivity contribution is 0.0229. The molecule has 7 heteroatoms. The summed E-state index contributed by atoms with van der Waals surface area (Å²) in [5.74, 6) is 0.0294. The number of carbonyl (C=O) groups is 1. The molecule has 1 saturated heterocycles. The molecule has 0 aliphatic carbocycles. The molecule has 6 nitrogen and oxygen atoms in total. The molecule has 3 heterocycles. The lowest BCUT2D eigenvalue weighted by atomic mass is 10.1. The Hall–Kier alpha value is -2.61. The Bertz CT molecular complexity index is 987. The van der Waals surface area contributed by atoms with Crippen molar-refractivity contribution in [2.75, 3.05) is 32.8 Å². The standard InChI is InChI=1S/C24H28N4O2S/c1-18(16-27-12-14-30-15-13-27)28(17-20-8-4-3-5-9-20)24(29)22-19(2)26-23(31-22)21-10-6-7-11-25-21/h3-11,18H,12-17H2,1-2H3. The van der Waals surface area contributed by atoms with Gasteiger partial charge in [0.15, 0.2) is 0 Å². The third-order valence-electron chi connectivity index (χ3n) is 5.49. The van der Waals surface area contributed by atoms with E-state index in [0.29, 0.717) is 11.4 Å². The van der Waals surface area contributed by atoms with Crippen LogP contribution in [0.2, 0.25) is 0 Å². The van der Waals surface area contributed by atoms with E-state index in [2.05, 4.69) is 33.9 Å². The molecule has 1 atom stereocenters. The van der Waals surface area contributed by atoms with E-state index < -0.39 is 0 Å². The first-order chi connectivity index (χ1) is 15.1. The van der Waals surface area contributed by atoms with Crippen molar-refractivity contribution in [3.05, 3.63) is 70.9 Å². The smallest absolute Gasteiger partial charge is 0.266 e. The Morgan fingerprint density at radius 3 is 2.61 bits per heavy atom. The van der Waals surface area contributed by atoms with Gasteiger partial charge in [-0.2, -0.15) is 0 Å². The number of benzene rings is 1. The number of morpholine rings is 1. The van der Waals surface area contributed by atoms with E-state index in [1.165, 1.54) is 11.3 Å². The molecular formula is C24H28N4O2S. The molecule has 1 fully saturated rings. The molecule has 0 N–H and O–H groups in total. The van der Waals surface area contributed by atoms with Gasteiger partial charge in [0, 0.05) is 38.4 Å². The van der Waals surface area contributed by atoms with E-state index in [-0.39, 0.29) is 11.9 Å². The number of pyridine rings is 1. The van der Waals surface area contributed by atoms with Crippen LogP contribution in [0.4, 0.5) is 0 Å². The Morgan fingerprint density at radius 2 is 1.90 bits per heavy atom. The first-order valence-corrected chi connectivity index (χ1v) is 11.5. The van der Waals surface area contributed by atoms with Gasteiger partial charge >= 0.3 is 0 Å². The fourth-order valence-electron chi connectivity index (χ4n) is 3.79. The number of ether oxygens (including phenoxy) is 1. The van der Waals surface area contributed by atoms with E-state index in [1.54, 1.807) is 6.20 Å². The highest BCUT2D eigenvalue weighted by Crippen LogP contribution is 2.28. The number of amides is 1. The summed E-state index contributed by atoms with van der Waals surface area (Å²) in [5, 5.41) is 0.780. The number of hydrogen-bond donors (Lipinski definition) is 0. The minimum Gasteiger partial charge on any atom is -0.379 e. The fraction of sp³-hybridized carbons (Fsp3) is 0.375. The largest absolute Gasteiger partial charge is 0.379 e. The lowest BCUT2D eigenvalue weighted by Crippen LogP contribution is -2.47. The topological polar surface area (TPSA) is 58.6 Å². The zero-order chi connectivity index (χ0) is 21.6. The molecule has 0 radical (unpaired) electrons. The third-order valence-corrected chi connectivity index (χ3v) is 6.66. The Labute approximate surface area is 187 Å². The number of aryl methyl sites for hydroxylation is 1. The van der Waals surface area contributed by atoms with Crippen LogP contribution in [0.15, 0.2) is 54.7 Å². The highest BCUT2D eigenvalue weighted by Gasteiger charge is 2.27. The second kappa shape index (κ2) is 10.1. The van der Waals surface area contributed by atoms with E-state index in [9.17, 15) is 4.79 Å². The lowest BCUT2D eigenvalue weighted by Gasteiger charge is -2.35. The van der Waals surface area contributed by atoms with Crippen LogP contribution in [0.3, 0.4) is 0 Å². The number of nitrogens with zero attached hydrogens (tertiary/aromatic N) is 4. The number of hydrogen-bond acceptors (Lipinski definition) is 6. The summed E-state index contributed by atoms with van der Waals surface area (Å²) in [7, 11) is 0. The van der Waals surface area contributed by atoms with Crippen molar-refractivity contribution >= 4 is 17.2 Å². The highest BCUT2D eigenvalue weighted by atomic mass is 32.1. The molecule has 1 aliphatic heterocycles. The third kappa shape index (κ3) is 5.36. The summed E-state index contributed by atoms with van der Waals surface area (Å²) in [6.45, 7) is 8.74. The maximum Gasteiger partial charge on any atom is 0.266 e. The average Bonchev–Trinajstić information content (AvgIpc) is 3.20. The molecule has 0 bridgehead atoms. The van der Waals surface area contributed by atoms with Crippen LogP contribution in [-0.2, 0) is 11.3 Å². The summed E-state index contributed by atoms with van der Waals surface area (Å²) in [6, 6.07) is 16.0. The van der Waals surface area contributed by atoms with Crippen molar-refractivity contribution in [2.24, 2.45) is 0 Å². The summed E-state index contributed by atoms with van der Waals surface area (Å²) >= 11 is 1.42. The van der Waals surface area contributed by atoms with E-state index in [0.717, 1.165) is 54.8 Å². The van der Waals surface area contributed by atoms with E-state index in [1.807, 2.05) is 48.2 Å². The molecule has 3 aromatic rings. The van der Waals surface area contributed by atoms with Crippen molar-refractivity contribution < 1.29 is 9.53 Å². The minimum absolute atomic E-state index is 0.0294. The number of rotatable bonds is 7. The van der Waals surface area contributed by atoms with Crippen molar-refractivity contribution in [1.82, 2.24) is 19.8 Å².